The Labute approximate surface area is 118 Å². The van der Waals surface area contributed by atoms with Crippen molar-refractivity contribution in [2.75, 3.05) is 13.6 Å². The molecule has 0 fully saturated rings. The van der Waals surface area contributed by atoms with Gasteiger partial charge in [-0.15, -0.1) is 0 Å². The molecular formula is C12H17N3O4S. The lowest BCUT2D eigenvalue weighted by Gasteiger charge is -2.17. The molecule has 1 atom stereocenters. The van der Waals surface area contributed by atoms with E-state index in [1.165, 1.54) is 17.8 Å². The van der Waals surface area contributed by atoms with E-state index in [0.29, 0.717) is 6.54 Å². The molecule has 1 unspecified atom stereocenters. The number of carboxylic acids is 1. The average Bonchev–Trinajstić information content (AvgIpc) is 2.83. The third kappa shape index (κ3) is 3.18. The Kier molecular flexibility index (Phi) is 4.92. The van der Waals surface area contributed by atoms with Crippen molar-refractivity contribution in [3.63, 3.8) is 0 Å². The number of aromatic nitrogens is 1. The lowest BCUT2D eigenvalue weighted by molar-refractivity contribution is 0.0685. The minimum Gasteiger partial charge on any atom is -0.477 e. The zero-order valence-electron chi connectivity index (χ0n) is 11.6. The number of hydrogen-bond acceptors (Lipinski definition) is 4. The van der Waals surface area contributed by atoms with Gasteiger partial charge in [-0.2, -0.15) is 9.57 Å². The molecule has 20 heavy (non-hydrogen) atoms. The van der Waals surface area contributed by atoms with Crippen molar-refractivity contribution in [3.05, 3.63) is 18.0 Å². The second-order valence-corrected chi connectivity index (χ2v) is 6.51. The van der Waals surface area contributed by atoms with Crippen molar-refractivity contribution in [1.29, 1.82) is 5.26 Å². The Hall–Kier alpha value is -1.85. The molecule has 0 amide bonds. The van der Waals surface area contributed by atoms with Crippen molar-refractivity contribution in [1.82, 2.24) is 8.87 Å². The van der Waals surface area contributed by atoms with Gasteiger partial charge in [-0.25, -0.2) is 13.2 Å². The van der Waals surface area contributed by atoms with Crippen LogP contribution < -0.4 is 0 Å². The van der Waals surface area contributed by atoms with Crippen LogP contribution in [0.2, 0.25) is 0 Å². The molecule has 0 aliphatic rings. The van der Waals surface area contributed by atoms with Crippen LogP contribution in [0.25, 0.3) is 0 Å². The molecule has 110 valence electrons. The fraction of sp³-hybridized carbons (Fsp3) is 0.500. The van der Waals surface area contributed by atoms with Crippen LogP contribution in [0.5, 0.6) is 0 Å². The van der Waals surface area contributed by atoms with Gasteiger partial charge in [0, 0.05) is 26.3 Å². The molecule has 1 aromatic rings. The number of carbonyl (C=O) groups is 1. The van der Waals surface area contributed by atoms with E-state index in [9.17, 15) is 13.2 Å². The summed E-state index contributed by atoms with van der Waals surface area (Å²) in [6.07, 6.45) is 1.30. The third-order valence-corrected chi connectivity index (χ3v) is 4.68. The van der Waals surface area contributed by atoms with Gasteiger partial charge >= 0.3 is 5.97 Å². The van der Waals surface area contributed by atoms with Gasteiger partial charge in [0.25, 0.3) is 0 Å². The van der Waals surface area contributed by atoms with E-state index in [-0.39, 0.29) is 17.1 Å². The maximum Gasteiger partial charge on any atom is 0.352 e. The second kappa shape index (κ2) is 6.07. The van der Waals surface area contributed by atoms with Gasteiger partial charge in [0.1, 0.15) is 10.6 Å². The van der Waals surface area contributed by atoms with E-state index in [1.807, 2.05) is 6.07 Å². The summed E-state index contributed by atoms with van der Waals surface area (Å²) in [6.45, 7) is 3.75. The monoisotopic (exact) mass is 299 g/mol. The molecule has 8 heteroatoms. The average molecular weight is 299 g/mol. The van der Waals surface area contributed by atoms with E-state index < -0.39 is 21.9 Å². The summed E-state index contributed by atoms with van der Waals surface area (Å²) in [5.74, 6) is -1.62. The molecule has 0 aliphatic carbocycles. The summed E-state index contributed by atoms with van der Waals surface area (Å²) in [7, 11) is -2.42. The maximum absolute atomic E-state index is 12.3. The fourth-order valence-corrected chi connectivity index (χ4v) is 3.07. The van der Waals surface area contributed by atoms with Gasteiger partial charge in [0.2, 0.25) is 10.0 Å². The zero-order chi connectivity index (χ0) is 15.5. The van der Waals surface area contributed by atoms with E-state index in [0.717, 1.165) is 10.4 Å². The molecule has 0 saturated carbocycles. The summed E-state index contributed by atoms with van der Waals surface area (Å²) in [4.78, 5) is 11.0. The molecule has 1 aromatic heterocycles. The molecule has 0 aliphatic heterocycles. The van der Waals surface area contributed by atoms with Gasteiger partial charge in [-0.3, -0.25) is 0 Å². The Morgan fingerprint density at radius 3 is 2.60 bits per heavy atom. The minimum absolute atomic E-state index is 0.0541. The first kappa shape index (κ1) is 16.2. The van der Waals surface area contributed by atoms with Crippen molar-refractivity contribution in [2.24, 2.45) is 5.92 Å². The molecule has 1 rings (SSSR count). The molecule has 7 nitrogen and oxygen atoms in total. The van der Waals surface area contributed by atoms with Gasteiger partial charge in [-0.05, 0) is 19.9 Å². The summed E-state index contributed by atoms with van der Waals surface area (Å²) in [5, 5.41) is 17.8. The molecule has 0 radical (unpaired) electrons. The zero-order valence-corrected chi connectivity index (χ0v) is 12.4. The number of hydrogen-bond donors (Lipinski definition) is 1. The highest BCUT2D eigenvalue weighted by atomic mass is 32.2. The largest absolute Gasteiger partial charge is 0.477 e. The lowest BCUT2D eigenvalue weighted by Crippen LogP contribution is -2.30. The number of aromatic carboxylic acids is 1. The first-order valence-electron chi connectivity index (χ1n) is 6.03. The standard InChI is InChI=1S/C12H17N3O4S/c1-4-15-8-10(5-11(15)12(16)17)20(18,19)14(3)7-9(2)6-13/h5,8-9H,4,7H2,1-3H3,(H,16,17). The smallest absolute Gasteiger partial charge is 0.352 e. The number of carboxylic acid groups (broad SMARTS) is 1. The van der Waals surface area contributed by atoms with Crippen LogP contribution >= 0.6 is 0 Å². The van der Waals surface area contributed by atoms with E-state index in [2.05, 4.69) is 0 Å². The summed E-state index contributed by atoms with van der Waals surface area (Å²) < 4.78 is 27.0. The van der Waals surface area contributed by atoms with Gasteiger partial charge in [0.15, 0.2) is 0 Å². The van der Waals surface area contributed by atoms with Crippen molar-refractivity contribution < 1.29 is 18.3 Å². The van der Waals surface area contributed by atoms with E-state index in [4.69, 9.17) is 10.4 Å². The highest BCUT2D eigenvalue weighted by Crippen LogP contribution is 2.19. The number of rotatable bonds is 6. The summed E-state index contributed by atoms with van der Waals surface area (Å²) >= 11 is 0. The fourth-order valence-electron chi connectivity index (χ4n) is 1.77. The topological polar surface area (TPSA) is 103 Å². The Morgan fingerprint density at radius 2 is 2.20 bits per heavy atom. The molecular weight excluding hydrogens is 282 g/mol. The van der Waals surface area contributed by atoms with Crippen molar-refractivity contribution >= 4 is 16.0 Å². The summed E-state index contributed by atoms with van der Waals surface area (Å²) in [5.41, 5.74) is -0.0761. The second-order valence-electron chi connectivity index (χ2n) is 4.47. The number of nitriles is 1. The van der Waals surface area contributed by atoms with Crippen LogP contribution in [0.1, 0.15) is 24.3 Å². The van der Waals surface area contributed by atoms with Crippen molar-refractivity contribution in [2.45, 2.75) is 25.3 Å². The maximum atomic E-state index is 12.3. The van der Waals surface area contributed by atoms with E-state index >= 15 is 0 Å². The Bertz CT molecular complexity index is 642. The van der Waals surface area contributed by atoms with Gasteiger partial charge in [-0.1, -0.05) is 0 Å². The number of sulfonamides is 1. The summed E-state index contributed by atoms with van der Waals surface area (Å²) in [6, 6.07) is 3.09. The number of aryl methyl sites for hydroxylation is 1. The predicted molar refractivity (Wildman–Crippen MR) is 71.7 cm³/mol. The SMILES string of the molecule is CCn1cc(S(=O)(=O)N(C)CC(C)C#N)cc1C(=O)O. The Morgan fingerprint density at radius 1 is 1.60 bits per heavy atom. The quantitative estimate of drug-likeness (QED) is 0.843. The first-order chi connectivity index (χ1) is 9.23. The minimum atomic E-state index is -3.79. The molecule has 1 N–H and O–H groups in total. The van der Waals surface area contributed by atoms with Crippen LogP contribution in [-0.4, -0.2) is 42.0 Å². The van der Waals surface area contributed by atoms with Crippen molar-refractivity contribution in [3.8, 4) is 6.07 Å². The lowest BCUT2D eigenvalue weighted by atomic mass is 10.2. The van der Waals surface area contributed by atoms with Crippen LogP contribution in [0.3, 0.4) is 0 Å². The molecule has 1 heterocycles. The normalized spacial score (nSPS) is 13.2. The van der Waals surface area contributed by atoms with Crippen LogP contribution in [0, 0.1) is 17.2 Å². The molecule has 0 saturated heterocycles. The van der Waals surface area contributed by atoms with Crippen LogP contribution in [-0.2, 0) is 16.6 Å². The first-order valence-corrected chi connectivity index (χ1v) is 7.47. The highest BCUT2D eigenvalue weighted by molar-refractivity contribution is 7.89. The third-order valence-electron chi connectivity index (χ3n) is 2.89. The molecule has 0 bridgehead atoms. The predicted octanol–water partition coefficient (Wildman–Crippen LogP) is 0.986. The van der Waals surface area contributed by atoms with Gasteiger partial charge in [0.05, 0.1) is 12.0 Å². The van der Waals surface area contributed by atoms with Crippen LogP contribution in [0.4, 0.5) is 0 Å². The van der Waals surface area contributed by atoms with E-state index in [1.54, 1.807) is 13.8 Å². The van der Waals surface area contributed by atoms with Crippen LogP contribution in [0.15, 0.2) is 17.2 Å². The van der Waals surface area contributed by atoms with Gasteiger partial charge < -0.3 is 9.67 Å². The number of nitrogens with zero attached hydrogens (tertiary/aromatic N) is 3. The molecule has 0 spiro atoms. The molecule has 0 aromatic carbocycles. The highest BCUT2D eigenvalue weighted by Gasteiger charge is 2.26. The Balaban J connectivity index is 3.16.